The van der Waals surface area contributed by atoms with Gasteiger partial charge in [0, 0.05) is 17.1 Å². The Balaban J connectivity index is 1.66. The number of nitrogens with one attached hydrogen (secondary N) is 1. The molecule has 0 saturated heterocycles. The number of hydrogen-bond acceptors (Lipinski definition) is 5. The highest BCUT2D eigenvalue weighted by Crippen LogP contribution is 2.27. The van der Waals surface area contributed by atoms with Gasteiger partial charge in [-0.1, -0.05) is 65.0 Å². The van der Waals surface area contributed by atoms with E-state index in [1.165, 1.54) is 24.1 Å². The van der Waals surface area contributed by atoms with Crippen LogP contribution < -0.4 is 14.4 Å². The molecule has 42 heavy (non-hydrogen) atoms. The van der Waals surface area contributed by atoms with Gasteiger partial charge in [0.25, 0.3) is 10.0 Å². The number of hydrogen-bond donors (Lipinski definition) is 1. The van der Waals surface area contributed by atoms with Crippen LogP contribution in [0.4, 0.5) is 5.69 Å². The molecule has 224 valence electrons. The minimum atomic E-state index is -4.14. The van der Waals surface area contributed by atoms with Crippen molar-refractivity contribution in [3.63, 3.8) is 0 Å². The van der Waals surface area contributed by atoms with Crippen LogP contribution in [-0.4, -0.2) is 50.9 Å². The number of sulfonamides is 1. The van der Waals surface area contributed by atoms with E-state index in [1.54, 1.807) is 43.3 Å². The summed E-state index contributed by atoms with van der Waals surface area (Å²) in [6.45, 7) is 3.28. The third-order valence-corrected chi connectivity index (χ3v) is 9.95. The zero-order valence-corrected chi connectivity index (χ0v) is 26.7. The van der Waals surface area contributed by atoms with Crippen LogP contribution in [0.25, 0.3) is 0 Å². The van der Waals surface area contributed by atoms with Crippen molar-refractivity contribution in [3.8, 4) is 5.75 Å². The van der Waals surface area contributed by atoms with Crippen molar-refractivity contribution >= 4 is 43.5 Å². The Labute approximate surface area is 257 Å². The van der Waals surface area contributed by atoms with Crippen molar-refractivity contribution < 1.29 is 22.7 Å². The first kappa shape index (κ1) is 31.6. The maximum absolute atomic E-state index is 14.1. The van der Waals surface area contributed by atoms with Crippen molar-refractivity contribution in [2.45, 2.75) is 69.5 Å². The van der Waals surface area contributed by atoms with Gasteiger partial charge in [0.15, 0.2) is 0 Å². The zero-order chi connectivity index (χ0) is 30.3. The van der Waals surface area contributed by atoms with Crippen LogP contribution in [0.1, 0.15) is 50.2 Å². The van der Waals surface area contributed by atoms with Crippen LogP contribution in [0.2, 0.25) is 0 Å². The van der Waals surface area contributed by atoms with E-state index in [9.17, 15) is 18.0 Å². The number of nitrogens with zero attached hydrogens (tertiary/aromatic N) is 2. The van der Waals surface area contributed by atoms with Crippen molar-refractivity contribution in [2.75, 3.05) is 18.0 Å². The quantitative estimate of drug-likeness (QED) is 0.281. The first-order valence-electron chi connectivity index (χ1n) is 14.2. The maximum Gasteiger partial charge on any atom is 0.264 e. The van der Waals surface area contributed by atoms with E-state index < -0.39 is 28.5 Å². The van der Waals surface area contributed by atoms with Crippen molar-refractivity contribution in [1.82, 2.24) is 10.2 Å². The lowest BCUT2D eigenvalue weighted by Gasteiger charge is -2.33. The molecular formula is C32H38BrN3O5S. The molecule has 1 atom stereocenters. The van der Waals surface area contributed by atoms with Crippen molar-refractivity contribution in [2.24, 2.45) is 0 Å². The van der Waals surface area contributed by atoms with E-state index in [1.807, 2.05) is 31.2 Å². The SMILES string of the molecule is COc1ccc(S(=O)(=O)N(CC(=O)N(Cc2ccc(Br)cc2)[C@@H](C)C(=O)NC2CCCCC2)c2ccc(C)cc2)cc1. The second-order valence-corrected chi connectivity index (χ2v) is 13.5. The van der Waals surface area contributed by atoms with Crippen LogP contribution >= 0.6 is 15.9 Å². The first-order valence-corrected chi connectivity index (χ1v) is 16.4. The molecule has 0 heterocycles. The highest BCUT2D eigenvalue weighted by atomic mass is 79.9. The summed E-state index contributed by atoms with van der Waals surface area (Å²) in [4.78, 5) is 29.0. The molecule has 1 fully saturated rings. The number of ether oxygens (including phenoxy) is 1. The van der Waals surface area contributed by atoms with Crippen molar-refractivity contribution in [3.05, 3.63) is 88.4 Å². The average molecular weight is 657 g/mol. The summed E-state index contributed by atoms with van der Waals surface area (Å²) < 4.78 is 35.1. The van der Waals surface area contributed by atoms with E-state index in [0.29, 0.717) is 11.4 Å². The lowest BCUT2D eigenvalue weighted by Crippen LogP contribution is -2.53. The molecule has 0 spiro atoms. The van der Waals surface area contributed by atoms with Gasteiger partial charge in [-0.2, -0.15) is 0 Å². The Morgan fingerprint density at radius 1 is 0.952 bits per heavy atom. The predicted octanol–water partition coefficient (Wildman–Crippen LogP) is 5.83. The normalized spacial score (nSPS) is 14.6. The topological polar surface area (TPSA) is 96.0 Å². The number of halogens is 1. The lowest BCUT2D eigenvalue weighted by molar-refractivity contribution is -0.139. The number of rotatable bonds is 11. The molecule has 8 nitrogen and oxygen atoms in total. The third kappa shape index (κ3) is 7.92. The fraction of sp³-hybridized carbons (Fsp3) is 0.375. The van der Waals surface area contributed by atoms with Gasteiger partial charge < -0.3 is 15.0 Å². The molecule has 1 aliphatic carbocycles. The Morgan fingerprint density at radius 3 is 2.17 bits per heavy atom. The number of amides is 2. The summed E-state index contributed by atoms with van der Waals surface area (Å²) in [6, 6.07) is 19.8. The maximum atomic E-state index is 14.1. The molecule has 10 heteroatoms. The average Bonchev–Trinajstić information content (AvgIpc) is 3.00. The van der Waals surface area contributed by atoms with E-state index in [-0.39, 0.29) is 23.4 Å². The summed E-state index contributed by atoms with van der Waals surface area (Å²) in [5.74, 6) is -0.209. The Bertz CT molecular complexity index is 1460. The summed E-state index contributed by atoms with van der Waals surface area (Å²) >= 11 is 3.44. The number of benzene rings is 3. The molecule has 0 bridgehead atoms. The second-order valence-electron chi connectivity index (χ2n) is 10.7. The summed E-state index contributed by atoms with van der Waals surface area (Å²) in [6.07, 6.45) is 5.12. The van der Waals surface area contributed by atoms with Crippen LogP contribution in [0.5, 0.6) is 5.75 Å². The summed E-state index contributed by atoms with van der Waals surface area (Å²) in [7, 11) is -2.64. The molecule has 1 aliphatic rings. The van der Waals surface area contributed by atoms with Crippen LogP contribution in [0, 0.1) is 6.92 Å². The fourth-order valence-electron chi connectivity index (χ4n) is 5.05. The smallest absolute Gasteiger partial charge is 0.264 e. The number of methoxy groups -OCH3 is 1. The minimum absolute atomic E-state index is 0.0271. The Hall–Kier alpha value is -3.37. The second kappa shape index (κ2) is 14.2. The molecule has 0 radical (unpaired) electrons. The van der Waals surface area contributed by atoms with Crippen LogP contribution in [-0.2, 0) is 26.2 Å². The molecule has 3 aromatic carbocycles. The van der Waals surface area contributed by atoms with Gasteiger partial charge >= 0.3 is 0 Å². The highest BCUT2D eigenvalue weighted by molar-refractivity contribution is 9.10. The van der Waals surface area contributed by atoms with Gasteiger partial charge in [-0.3, -0.25) is 13.9 Å². The molecule has 1 saturated carbocycles. The van der Waals surface area contributed by atoms with Gasteiger partial charge in [-0.15, -0.1) is 0 Å². The predicted molar refractivity (Wildman–Crippen MR) is 168 cm³/mol. The molecule has 1 N–H and O–H groups in total. The highest BCUT2D eigenvalue weighted by Gasteiger charge is 2.33. The van der Waals surface area contributed by atoms with Gasteiger partial charge in [0.05, 0.1) is 17.7 Å². The van der Waals surface area contributed by atoms with E-state index in [0.717, 1.165) is 52.0 Å². The largest absolute Gasteiger partial charge is 0.497 e. The number of aryl methyl sites for hydroxylation is 1. The van der Waals surface area contributed by atoms with E-state index in [2.05, 4.69) is 21.2 Å². The summed E-state index contributed by atoms with van der Waals surface area (Å²) in [5.41, 5.74) is 2.13. The Kier molecular flexibility index (Phi) is 10.7. The molecule has 2 amide bonds. The first-order chi connectivity index (χ1) is 20.1. The molecule has 0 unspecified atom stereocenters. The van der Waals surface area contributed by atoms with Gasteiger partial charge in [-0.05, 0) is 80.8 Å². The van der Waals surface area contributed by atoms with Gasteiger partial charge in [0.1, 0.15) is 18.3 Å². The number of anilines is 1. The molecule has 0 aliphatic heterocycles. The fourth-order valence-corrected chi connectivity index (χ4v) is 6.73. The Morgan fingerprint density at radius 2 is 1.57 bits per heavy atom. The van der Waals surface area contributed by atoms with E-state index in [4.69, 9.17) is 4.74 Å². The number of carbonyl (C=O) groups is 2. The van der Waals surface area contributed by atoms with Crippen molar-refractivity contribution in [1.29, 1.82) is 0 Å². The summed E-state index contributed by atoms with van der Waals surface area (Å²) in [5, 5.41) is 3.12. The standard InChI is InChI=1S/C32H38BrN3O5S/c1-23-9-15-28(16-10-23)36(42(39,40)30-19-17-29(41-3)18-20-30)22-31(37)35(21-25-11-13-26(33)14-12-25)24(2)32(38)34-27-7-5-4-6-8-27/h9-20,24,27H,4-8,21-22H2,1-3H3,(H,34,38)/t24-/m0/s1. The third-order valence-electron chi connectivity index (χ3n) is 7.63. The monoisotopic (exact) mass is 655 g/mol. The van der Waals surface area contributed by atoms with Gasteiger partial charge in [0.2, 0.25) is 11.8 Å². The van der Waals surface area contributed by atoms with Crippen LogP contribution in [0.15, 0.2) is 82.2 Å². The number of carbonyl (C=O) groups excluding carboxylic acids is 2. The molecular weight excluding hydrogens is 618 g/mol. The molecule has 3 aromatic rings. The van der Waals surface area contributed by atoms with E-state index >= 15 is 0 Å². The van der Waals surface area contributed by atoms with Crippen LogP contribution in [0.3, 0.4) is 0 Å². The molecule has 0 aromatic heterocycles. The van der Waals surface area contributed by atoms with Gasteiger partial charge in [-0.25, -0.2) is 8.42 Å². The zero-order valence-electron chi connectivity index (χ0n) is 24.3. The molecule has 4 rings (SSSR count). The minimum Gasteiger partial charge on any atom is -0.497 e. The lowest BCUT2D eigenvalue weighted by atomic mass is 9.95.